The Bertz CT molecular complexity index is 1290. The van der Waals surface area contributed by atoms with Gasteiger partial charge in [-0.1, -0.05) is 44.2 Å². The van der Waals surface area contributed by atoms with E-state index in [1.54, 1.807) is 24.3 Å². The molecule has 1 aromatic heterocycles. The Balaban J connectivity index is 1.98. The molecule has 0 saturated heterocycles. The summed E-state index contributed by atoms with van der Waals surface area (Å²) in [5.41, 5.74) is 8.77. The third-order valence-corrected chi connectivity index (χ3v) is 5.28. The summed E-state index contributed by atoms with van der Waals surface area (Å²) in [7, 11) is 0. The summed E-state index contributed by atoms with van der Waals surface area (Å²) < 4.78 is 44.8. The zero-order valence-corrected chi connectivity index (χ0v) is 17.0. The Morgan fingerprint density at radius 1 is 1.13 bits per heavy atom. The van der Waals surface area contributed by atoms with Crippen LogP contribution in [0.3, 0.4) is 0 Å². The fraction of sp³-hybridized carbons (Fsp3) is 0.208. The van der Waals surface area contributed by atoms with Crippen LogP contribution in [0.2, 0.25) is 0 Å². The summed E-state index contributed by atoms with van der Waals surface area (Å²) in [4.78, 5) is 12.1. The highest BCUT2D eigenvalue weighted by Gasteiger charge is 2.32. The topological polar surface area (TPSA) is 57.2 Å². The predicted molar refractivity (Wildman–Crippen MR) is 113 cm³/mol. The first-order valence-corrected chi connectivity index (χ1v) is 9.75. The monoisotopic (exact) mass is 425 g/mol. The van der Waals surface area contributed by atoms with Gasteiger partial charge in [0.1, 0.15) is 5.75 Å². The molecular weight excluding hydrogens is 405 g/mol. The summed E-state index contributed by atoms with van der Waals surface area (Å²) in [6.45, 7) is 4.20. The van der Waals surface area contributed by atoms with Gasteiger partial charge in [0.05, 0.1) is 17.6 Å². The van der Waals surface area contributed by atoms with Crippen LogP contribution < -0.4 is 10.5 Å². The highest BCUT2D eigenvalue weighted by atomic mass is 19.4. The van der Waals surface area contributed by atoms with Crippen molar-refractivity contribution in [2.75, 3.05) is 0 Å². The Labute approximate surface area is 177 Å². The average Bonchev–Trinajstić information content (AvgIpc) is 3.01. The molecule has 1 amide bonds. The number of hydrogen-bond donors (Lipinski definition) is 1. The van der Waals surface area contributed by atoms with E-state index in [0.717, 1.165) is 11.1 Å². The Morgan fingerprint density at radius 2 is 1.87 bits per heavy atom. The van der Waals surface area contributed by atoms with Crippen LogP contribution >= 0.6 is 0 Å². The van der Waals surface area contributed by atoms with E-state index in [-0.39, 0.29) is 18.2 Å². The molecule has 1 heterocycles. The van der Waals surface area contributed by atoms with Gasteiger partial charge >= 0.3 is 6.36 Å². The van der Waals surface area contributed by atoms with E-state index < -0.39 is 12.3 Å². The predicted octanol–water partition coefficient (Wildman–Crippen LogP) is 5.76. The van der Waals surface area contributed by atoms with Crippen molar-refractivity contribution in [1.82, 2.24) is 4.57 Å². The lowest BCUT2D eigenvalue weighted by Crippen LogP contribution is -2.18. The molecule has 2 N–H and O–H groups in total. The average molecular weight is 425 g/mol. The molecule has 4 rings (SSSR count). The van der Waals surface area contributed by atoms with E-state index in [1.807, 2.05) is 36.6 Å². The van der Waals surface area contributed by atoms with Crippen LogP contribution in [0.4, 0.5) is 13.2 Å². The minimum Gasteiger partial charge on any atom is -0.405 e. The number of aromatic nitrogens is 1. The molecule has 0 fully saturated rings. The number of carbonyl (C=O) groups excluding carboxylic acids is 1. The fourth-order valence-electron chi connectivity index (χ4n) is 3.81. The summed E-state index contributed by atoms with van der Waals surface area (Å²) in [6.07, 6.45) is -4.80. The van der Waals surface area contributed by atoms with Crippen LogP contribution in [0.15, 0.2) is 54.6 Å². The third kappa shape index (κ3) is 3.95. The lowest BCUT2D eigenvalue weighted by Gasteiger charge is -2.15. The maximum absolute atomic E-state index is 12.9. The molecule has 0 unspecified atom stereocenters. The second-order valence-electron chi connectivity index (χ2n) is 7.65. The quantitative estimate of drug-likeness (QED) is 0.442. The molecule has 159 valence electrons. The molecule has 0 aliphatic heterocycles. The van der Waals surface area contributed by atoms with E-state index >= 15 is 0 Å². The van der Waals surface area contributed by atoms with Crippen molar-refractivity contribution in [1.29, 1.82) is 0 Å². The van der Waals surface area contributed by atoms with Crippen LogP contribution in [0.1, 0.15) is 41.3 Å². The molecule has 0 aliphatic carbocycles. The van der Waals surface area contributed by atoms with Gasteiger partial charge in [-0.15, -0.1) is 13.2 Å². The first-order valence-electron chi connectivity index (χ1n) is 9.75. The van der Waals surface area contributed by atoms with Gasteiger partial charge in [-0.05, 0) is 41.8 Å². The third-order valence-electron chi connectivity index (χ3n) is 5.28. The summed E-state index contributed by atoms with van der Waals surface area (Å²) in [5, 5.41) is 1.33. The first-order chi connectivity index (χ1) is 14.7. The largest absolute Gasteiger partial charge is 0.573 e. The van der Waals surface area contributed by atoms with Crippen LogP contribution in [0, 0.1) is 6.07 Å². The van der Waals surface area contributed by atoms with Crippen molar-refractivity contribution in [3.8, 4) is 5.75 Å². The summed E-state index contributed by atoms with van der Waals surface area (Å²) >= 11 is 0. The number of primary amides is 1. The van der Waals surface area contributed by atoms with Gasteiger partial charge in [-0.3, -0.25) is 4.79 Å². The minimum atomic E-state index is -4.80. The SMILES string of the molecule is CC(C)c1c[c]c2c3c(C(N)=O)cccc3n(Cc3ccccc3OC(F)(F)F)c2c1. The van der Waals surface area contributed by atoms with E-state index in [0.29, 0.717) is 27.4 Å². The van der Waals surface area contributed by atoms with Gasteiger partial charge < -0.3 is 15.0 Å². The number of hydrogen-bond acceptors (Lipinski definition) is 2. The standard InChI is InChI=1S/C24H20F3N2O2/c1-14(2)15-10-11-17-20(12-15)29(19-8-5-7-18(22(17)19)23(28)30)13-16-6-3-4-9-21(16)31-24(25,26)27/h3-10,12,14H,13H2,1-2H3,(H2,28,30). The van der Waals surface area contributed by atoms with Gasteiger partial charge in [-0.25, -0.2) is 0 Å². The number of halogens is 3. The number of nitrogens with two attached hydrogens (primary N) is 1. The van der Waals surface area contributed by atoms with E-state index in [9.17, 15) is 18.0 Å². The molecule has 0 bridgehead atoms. The number of carbonyl (C=O) groups is 1. The Hall–Kier alpha value is -3.48. The van der Waals surface area contributed by atoms with Crippen LogP contribution in [-0.4, -0.2) is 16.8 Å². The molecule has 1 radical (unpaired) electrons. The second kappa shape index (κ2) is 7.65. The van der Waals surface area contributed by atoms with Crippen LogP contribution in [-0.2, 0) is 6.54 Å². The zero-order chi connectivity index (χ0) is 22.3. The molecule has 0 saturated carbocycles. The first kappa shape index (κ1) is 20.8. The minimum absolute atomic E-state index is 0.115. The molecule has 4 nitrogen and oxygen atoms in total. The van der Waals surface area contributed by atoms with Crippen molar-refractivity contribution in [3.05, 3.63) is 77.4 Å². The molecule has 3 aromatic carbocycles. The molecule has 31 heavy (non-hydrogen) atoms. The number of amides is 1. The number of benzene rings is 3. The number of fused-ring (bicyclic) bond motifs is 3. The van der Waals surface area contributed by atoms with Gasteiger partial charge in [0.15, 0.2) is 0 Å². The van der Waals surface area contributed by atoms with Crippen molar-refractivity contribution >= 4 is 27.7 Å². The van der Waals surface area contributed by atoms with Crippen molar-refractivity contribution < 1.29 is 22.7 Å². The molecule has 0 atom stereocenters. The van der Waals surface area contributed by atoms with Crippen LogP contribution in [0.5, 0.6) is 5.75 Å². The second-order valence-corrected chi connectivity index (χ2v) is 7.65. The Kier molecular flexibility index (Phi) is 5.13. The van der Waals surface area contributed by atoms with Crippen molar-refractivity contribution in [2.24, 2.45) is 5.73 Å². The lowest BCUT2D eigenvalue weighted by molar-refractivity contribution is -0.274. The highest BCUT2D eigenvalue weighted by molar-refractivity contribution is 6.17. The molecular formula is C24H20F3N2O2. The summed E-state index contributed by atoms with van der Waals surface area (Å²) in [5.74, 6) is -0.615. The van der Waals surface area contributed by atoms with Crippen molar-refractivity contribution in [2.45, 2.75) is 32.7 Å². The number of nitrogens with zero attached hydrogens (tertiary/aromatic N) is 1. The molecule has 7 heteroatoms. The number of alkyl halides is 3. The van der Waals surface area contributed by atoms with Gasteiger partial charge in [0.25, 0.3) is 0 Å². The molecule has 4 aromatic rings. The normalized spacial score (nSPS) is 12.1. The number of ether oxygens (including phenoxy) is 1. The van der Waals surface area contributed by atoms with E-state index in [1.165, 1.54) is 12.1 Å². The molecule has 0 aliphatic rings. The van der Waals surface area contributed by atoms with Gasteiger partial charge in [-0.2, -0.15) is 0 Å². The number of para-hydroxylation sites is 1. The van der Waals surface area contributed by atoms with Crippen molar-refractivity contribution in [3.63, 3.8) is 0 Å². The Morgan fingerprint density at radius 3 is 2.55 bits per heavy atom. The van der Waals surface area contributed by atoms with E-state index in [4.69, 9.17) is 5.73 Å². The molecule has 0 spiro atoms. The summed E-state index contributed by atoms with van der Waals surface area (Å²) in [6, 6.07) is 18.3. The van der Waals surface area contributed by atoms with Gasteiger partial charge in [0, 0.05) is 21.9 Å². The van der Waals surface area contributed by atoms with Gasteiger partial charge in [0.2, 0.25) is 5.91 Å². The fourth-order valence-corrected chi connectivity index (χ4v) is 3.81. The van der Waals surface area contributed by atoms with E-state index in [2.05, 4.69) is 10.8 Å². The van der Waals surface area contributed by atoms with Crippen LogP contribution in [0.25, 0.3) is 21.8 Å². The smallest absolute Gasteiger partial charge is 0.405 e. The number of rotatable bonds is 5. The highest BCUT2D eigenvalue weighted by Crippen LogP contribution is 2.35. The maximum Gasteiger partial charge on any atom is 0.573 e. The lowest BCUT2D eigenvalue weighted by atomic mass is 10.00. The maximum atomic E-state index is 12.9. The zero-order valence-electron chi connectivity index (χ0n) is 17.0.